The van der Waals surface area contributed by atoms with Crippen LogP contribution in [0.4, 0.5) is 0 Å². The van der Waals surface area contributed by atoms with Gasteiger partial charge in [-0.25, -0.2) is 0 Å². The molecule has 0 nitrogen and oxygen atoms in total. The topological polar surface area (TPSA) is 0 Å². The third kappa shape index (κ3) is 0.980. The molecule has 0 radical (unpaired) electrons. The maximum Gasteiger partial charge on any atom is -0.0357 e. The third-order valence-corrected chi connectivity index (χ3v) is 3.63. The lowest BCUT2D eigenvalue weighted by atomic mass is 9.81. The summed E-state index contributed by atoms with van der Waals surface area (Å²) in [6.07, 6.45) is 6.08. The molecule has 4 atom stereocenters. The summed E-state index contributed by atoms with van der Waals surface area (Å²) in [5.41, 5.74) is 0. The highest BCUT2D eigenvalue weighted by Crippen LogP contribution is 2.54. The van der Waals surface area contributed by atoms with Crippen molar-refractivity contribution in [3.63, 3.8) is 0 Å². The lowest BCUT2D eigenvalue weighted by molar-refractivity contribution is 0.261. The van der Waals surface area contributed by atoms with Crippen molar-refractivity contribution in [2.24, 2.45) is 23.7 Å². The highest BCUT2D eigenvalue weighted by atomic mass is 14.5. The van der Waals surface area contributed by atoms with Crippen LogP contribution in [0.25, 0.3) is 0 Å². The minimum Gasteiger partial charge on any atom is -0.0651 e. The lowest BCUT2D eigenvalue weighted by Crippen LogP contribution is -2.14. The fourth-order valence-corrected chi connectivity index (χ4v) is 2.80. The van der Waals surface area contributed by atoms with Crippen LogP contribution in [0.2, 0.25) is 0 Å². The van der Waals surface area contributed by atoms with Crippen molar-refractivity contribution in [3.05, 3.63) is 0 Å². The SMILES string of the molecule is CCC1CC(C)C2CC2C1. The first kappa shape index (κ1) is 6.69. The van der Waals surface area contributed by atoms with Gasteiger partial charge in [-0.15, -0.1) is 0 Å². The summed E-state index contributed by atoms with van der Waals surface area (Å²) < 4.78 is 0. The second-order valence-electron chi connectivity index (χ2n) is 4.38. The number of hydrogen-bond donors (Lipinski definition) is 0. The number of hydrogen-bond acceptors (Lipinski definition) is 0. The van der Waals surface area contributed by atoms with Gasteiger partial charge in [0.1, 0.15) is 0 Å². The molecule has 0 heterocycles. The van der Waals surface area contributed by atoms with Gasteiger partial charge in [0.2, 0.25) is 0 Å². The summed E-state index contributed by atoms with van der Waals surface area (Å²) in [7, 11) is 0. The maximum atomic E-state index is 2.45. The highest BCUT2D eigenvalue weighted by molar-refractivity contribution is 4.95. The normalized spacial score (nSPS) is 52.2. The largest absolute Gasteiger partial charge is 0.0651 e. The zero-order chi connectivity index (χ0) is 7.14. The number of rotatable bonds is 1. The van der Waals surface area contributed by atoms with Crippen LogP contribution < -0.4 is 0 Å². The molecule has 2 saturated carbocycles. The van der Waals surface area contributed by atoms with Crippen molar-refractivity contribution in [2.75, 3.05) is 0 Å². The van der Waals surface area contributed by atoms with Crippen molar-refractivity contribution in [2.45, 2.75) is 39.5 Å². The minimum atomic E-state index is 1.06. The van der Waals surface area contributed by atoms with Crippen LogP contribution in [-0.4, -0.2) is 0 Å². The molecule has 4 unspecified atom stereocenters. The molecule has 2 rings (SSSR count). The summed E-state index contributed by atoms with van der Waals surface area (Å²) >= 11 is 0. The zero-order valence-electron chi connectivity index (χ0n) is 7.14. The first-order valence-corrected chi connectivity index (χ1v) is 4.81. The van der Waals surface area contributed by atoms with Crippen molar-refractivity contribution in [3.8, 4) is 0 Å². The van der Waals surface area contributed by atoms with Gasteiger partial charge in [0.25, 0.3) is 0 Å². The van der Waals surface area contributed by atoms with Crippen LogP contribution in [-0.2, 0) is 0 Å². The Morgan fingerprint density at radius 2 is 2.00 bits per heavy atom. The van der Waals surface area contributed by atoms with Gasteiger partial charge in [-0.2, -0.15) is 0 Å². The molecule has 0 heteroatoms. The van der Waals surface area contributed by atoms with E-state index >= 15 is 0 Å². The quantitative estimate of drug-likeness (QED) is 0.522. The van der Waals surface area contributed by atoms with Gasteiger partial charge >= 0.3 is 0 Å². The molecule has 0 amide bonds. The van der Waals surface area contributed by atoms with Crippen molar-refractivity contribution in [1.29, 1.82) is 0 Å². The average Bonchev–Trinajstić information content (AvgIpc) is 2.66. The van der Waals surface area contributed by atoms with E-state index in [9.17, 15) is 0 Å². The van der Waals surface area contributed by atoms with E-state index in [-0.39, 0.29) is 0 Å². The highest BCUT2D eigenvalue weighted by Gasteiger charge is 2.45. The van der Waals surface area contributed by atoms with Gasteiger partial charge < -0.3 is 0 Å². The molecule has 0 saturated heterocycles. The summed E-state index contributed by atoms with van der Waals surface area (Å²) in [5.74, 6) is 4.46. The average molecular weight is 138 g/mol. The summed E-state index contributed by atoms with van der Waals surface area (Å²) in [6, 6.07) is 0. The van der Waals surface area contributed by atoms with Crippen LogP contribution in [0, 0.1) is 23.7 Å². The molecule has 0 spiro atoms. The third-order valence-electron chi connectivity index (χ3n) is 3.63. The molecular weight excluding hydrogens is 120 g/mol. The van der Waals surface area contributed by atoms with Crippen molar-refractivity contribution >= 4 is 0 Å². The Kier molecular flexibility index (Phi) is 1.51. The second kappa shape index (κ2) is 2.25. The Labute approximate surface area is 64.0 Å². The molecule has 0 aromatic heterocycles. The molecule has 2 aliphatic carbocycles. The van der Waals surface area contributed by atoms with Crippen molar-refractivity contribution in [1.82, 2.24) is 0 Å². The monoisotopic (exact) mass is 138 g/mol. The van der Waals surface area contributed by atoms with Gasteiger partial charge in [0.15, 0.2) is 0 Å². The molecule has 58 valence electrons. The van der Waals surface area contributed by atoms with E-state index in [0.29, 0.717) is 0 Å². The van der Waals surface area contributed by atoms with Gasteiger partial charge in [0.05, 0.1) is 0 Å². The van der Waals surface area contributed by atoms with Crippen molar-refractivity contribution < 1.29 is 0 Å². The number of fused-ring (bicyclic) bond motifs is 1. The Hall–Kier alpha value is 0. The van der Waals surface area contributed by atoms with E-state index in [1.165, 1.54) is 12.8 Å². The summed E-state index contributed by atoms with van der Waals surface area (Å²) in [5, 5.41) is 0. The maximum absolute atomic E-state index is 2.45. The lowest BCUT2D eigenvalue weighted by Gasteiger charge is -2.24. The van der Waals surface area contributed by atoms with E-state index < -0.39 is 0 Å². The molecule has 0 bridgehead atoms. The van der Waals surface area contributed by atoms with Crippen LogP contribution in [0.5, 0.6) is 0 Å². The Bertz CT molecular complexity index is 128. The standard InChI is InChI=1S/C10H18/c1-3-8-4-7(2)10-6-9(10)5-8/h7-10H,3-6H2,1-2H3. The molecule has 10 heavy (non-hydrogen) atoms. The van der Waals surface area contributed by atoms with E-state index in [1.807, 2.05) is 0 Å². The minimum absolute atomic E-state index is 1.06. The van der Waals surface area contributed by atoms with E-state index in [1.54, 1.807) is 12.8 Å². The molecule has 0 N–H and O–H groups in total. The van der Waals surface area contributed by atoms with Gasteiger partial charge in [-0.3, -0.25) is 0 Å². The van der Waals surface area contributed by atoms with Crippen LogP contribution >= 0.6 is 0 Å². The Balaban J connectivity index is 1.93. The molecular formula is C10H18. The molecule has 2 aliphatic rings. The van der Waals surface area contributed by atoms with Gasteiger partial charge in [-0.1, -0.05) is 20.3 Å². The molecule has 0 aliphatic heterocycles. The van der Waals surface area contributed by atoms with E-state index in [2.05, 4.69) is 13.8 Å². The van der Waals surface area contributed by atoms with Crippen LogP contribution in [0.15, 0.2) is 0 Å². The van der Waals surface area contributed by atoms with Gasteiger partial charge in [0, 0.05) is 0 Å². The zero-order valence-corrected chi connectivity index (χ0v) is 7.14. The first-order chi connectivity index (χ1) is 4.81. The van der Waals surface area contributed by atoms with E-state index in [0.717, 1.165) is 23.7 Å². The summed E-state index contributed by atoms with van der Waals surface area (Å²) in [4.78, 5) is 0. The van der Waals surface area contributed by atoms with E-state index in [4.69, 9.17) is 0 Å². The molecule has 0 aromatic carbocycles. The second-order valence-corrected chi connectivity index (χ2v) is 4.38. The smallest absolute Gasteiger partial charge is 0.0357 e. The summed E-state index contributed by atoms with van der Waals surface area (Å²) in [6.45, 7) is 4.80. The fraction of sp³-hybridized carbons (Fsp3) is 1.00. The predicted molar refractivity (Wildman–Crippen MR) is 43.8 cm³/mol. The fourth-order valence-electron chi connectivity index (χ4n) is 2.80. The first-order valence-electron chi connectivity index (χ1n) is 4.81. The predicted octanol–water partition coefficient (Wildman–Crippen LogP) is 3.08. The Morgan fingerprint density at radius 3 is 2.60 bits per heavy atom. The van der Waals surface area contributed by atoms with Crippen LogP contribution in [0.3, 0.4) is 0 Å². The molecule has 0 aromatic rings. The molecule has 2 fully saturated rings. The Morgan fingerprint density at radius 1 is 1.20 bits per heavy atom. The van der Waals surface area contributed by atoms with Gasteiger partial charge in [-0.05, 0) is 42.9 Å². The van der Waals surface area contributed by atoms with Crippen LogP contribution in [0.1, 0.15) is 39.5 Å².